The second-order valence-corrected chi connectivity index (χ2v) is 10.5. The van der Waals surface area contributed by atoms with Crippen molar-refractivity contribution in [2.75, 3.05) is 13.1 Å². The first-order valence-corrected chi connectivity index (χ1v) is 12.5. The van der Waals surface area contributed by atoms with Gasteiger partial charge in [-0.25, -0.2) is 9.59 Å². The smallest absolute Gasteiger partial charge is 0.433 e. The van der Waals surface area contributed by atoms with Gasteiger partial charge in [0, 0.05) is 18.5 Å². The highest BCUT2D eigenvalue weighted by Crippen LogP contribution is 2.65. The van der Waals surface area contributed by atoms with Gasteiger partial charge in [-0.3, -0.25) is 4.84 Å². The summed E-state index contributed by atoms with van der Waals surface area (Å²) >= 11 is 0. The van der Waals surface area contributed by atoms with E-state index < -0.39 is 6.09 Å². The van der Waals surface area contributed by atoms with E-state index in [-0.39, 0.29) is 23.0 Å². The van der Waals surface area contributed by atoms with Crippen LogP contribution >= 0.6 is 0 Å². The Kier molecular flexibility index (Phi) is 6.55. The predicted octanol–water partition coefficient (Wildman–Crippen LogP) is 5.17. The van der Waals surface area contributed by atoms with Crippen molar-refractivity contribution in [3.05, 3.63) is 11.6 Å². The number of rotatable bonds is 4. The van der Waals surface area contributed by atoms with E-state index in [1.807, 2.05) is 13.8 Å². The lowest BCUT2D eigenvalue weighted by Crippen LogP contribution is -2.52. The number of ether oxygens (including phenoxy) is 1. The number of carbonyl (C=O) groups excluding carboxylic acids is 2. The number of nitrogens with one attached hydrogen (secondary N) is 2. The molecule has 4 aliphatic rings. The van der Waals surface area contributed by atoms with E-state index in [1.54, 1.807) is 0 Å². The molecule has 7 nitrogen and oxygen atoms in total. The van der Waals surface area contributed by atoms with Crippen LogP contribution in [0.1, 0.15) is 79.1 Å². The Balaban J connectivity index is 1.48. The number of allylic oxidation sites excluding steroid dienone is 2. The molecule has 0 aromatic carbocycles. The molecule has 7 heteroatoms. The molecule has 0 heterocycles. The standard InChI is InChI=1S/C25H39N3O4/c1-5-26-22(29)31-21-10-9-19-18-8-7-16-15-17(28-32-23(30)27-6-2)11-13-24(16,3)20(18)12-14-25(19,21)4/h15,18-21H,5-14H2,1-4H3,(H,26,29)(H,27,30)/b28-17-/t18-,19-,20-,21+,24-,25-/m0/s1. The number of fused-ring (bicyclic) bond motifs is 5. The third-order valence-corrected chi connectivity index (χ3v) is 9.03. The Bertz CT molecular complexity index is 809. The molecule has 0 aromatic heterocycles. The molecule has 0 aromatic rings. The van der Waals surface area contributed by atoms with Crippen molar-refractivity contribution in [2.45, 2.75) is 85.2 Å². The Morgan fingerprint density at radius 2 is 1.75 bits per heavy atom. The van der Waals surface area contributed by atoms with E-state index in [0.29, 0.717) is 30.8 Å². The summed E-state index contributed by atoms with van der Waals surface area (Å²) in [4.78, 5) is 28.7. The number of carbonyl (C=O) groups is 2. The van der Waals surface area contributed by atoms with Crippen molar-refractivity contribution in [1.82, 2.24) is 10.6 Å². The lowest BCUT2D eigenvalue weighted by atomic mass is 9.47. The first-order chi connectivity index (χ1) is 15.3. The molecule has 0 bridgehead atoms. The van der Waals surface area contributed by atoms with Gasteiger partial charge in [-0.05, 0) is 94.5 Å². The maximum absolute atomic E-state index is 12.1. The van der Waals surface area contributed by atoms with Crippen LogP contribution in [-0.4, -0.2) is 37.1 Å². The van der Waals surface area contributed by atoms with Gasteiger partial charge in [0.05, 0.1) is 5.71 Å². The molecule has 0 saturated heterocycles. The highest BCUT2D eigenvalue weighted by atomic mass is 16.7. The van der Waals surface area contributed by atoms with Crippen molar-refractivity contribution in [2.24, 2.45) is 33.7 Å². The number of alkyl carbamates (subject to hydrolysis) is 1. The summed E-state index contributed by atoms with van der Waals surface area (Å²) in [6.45, 7) is 9.71. The second-order valence-electron chi connectivity index (χ2n) is 10.5. The fraction of sp³-hybridized carbons (Fsp3) is 0.800. The van der Waals surface area contributed by atoms with Gasteiger partial charge >= 0.3 is 12.2 Å². The van der Waals surface area contributed by atoms with Crippen LogP contribution in [0.25, 0.3) is 0 Å². The Morgan fingerprint density at radius 3 is 2.50 bits per heavy atom. The van der Waals surface area contributed by atoms with Gasteiger partial charge < -0.3 is 15.4 Å². The quantitative estimate of drug-likeness (QED) is 0.462. The second kappa shape index (κ2) is 9.06. The van der Waals surface area contributed by atoms with Crippen LogP contribution in [0.15, 0.2) is 16.8 Å². The molecule has 2 amide bonds. The van der Waals surface area contributed by atoms with Crippen molar-refractivity contribution in [3.63, 3.8) is 0 Å². The normalized spacial score (nSPS) is 39.2. The largest absolute Gasteiger partial charge is 0.446 e. The molecule has 32 heavy (non-hydrogen) atoms. The van der Waals surface area contributed by atoms with Gasteiger partial charge in [-0.2, -0.15) is 0 Å². The summed E-state index contributed by atoms with van der Waals surface area (Å²) in [5.41, 5.74) is 2.62. The zero-order valence-electron chi connectivity index (χ0n) is 20.0. The first kappa shape index (κ1) is 23.1. The lowest BCUT2D eigenvalue weighted by Gasteiger charge is -2.57. The third-order valence-electron chi connectivity index (χ3n) is 9.03. The van der Waals surface area contributed by atoms with E-state index in [4.69, 9.17) is 9.57 Å². The average molecular weight is 446 g/mol. The Morgan fingerprint density at radius 1 is 1.00 bits per heavy atom. The molecule has 2 N–H and O–H groups in total. The van der Waals surface area contributed by atoms with E-state index in [1.165, 1.54) is 18.4 Å². The summed E-state index contributed by atoms with van der Waals surface area (Å²) in [5, 5.41) is 9.53. The maximum Gasteiger partial charge on any atom is 0.433 e. The number of hydrogen-bond acceptors (Lipinski definition) is 5. The monoisotopic (exact) mass is 445 g/mol. The van der Waals surface area contributed by atoms with Crippen LogP contribution in [0.3, 0.4) is 0 Å². The molecule has 0 spiro atoms. The molecule has 0 unspecified atom stereocenters. The number of nitrogens with zero attached hydrogens (tertiary/aromatic N) is 1. The third kappa shape index (κ3) is 4.03. The van der Waals surface area contributed by atoms with Crippen LogP contribution in [-0.2, 0) is 9.57 Å². The van der Waals surface area contributed by atoms with Crippen LogP contribution in [0.5, 0.6) is 0 Å². The van der Waals surface area contributed by atoms with Crippen LogP contribution in [0.2, 0.25) is 0 Å². The van der Waals surface area contributed by atoms with Crippen molar-refractivity contribution in [1.29, 1.82) is 0 Å². The SMILES string of the molecule is CCNC(=O)O/N=C1\C=C2CC[C@H]3[C@@H]4CC[C@@H](OC(=O)NCC)[C@@]4(C)CC[C@@H]3[C@@]2(C)CC1. The number of amides is 2. The molecule has 178 valence electrons. The molecule has 4 aliphatic carbocycles. The van der Waals surface area contributed by atoms with Crippen LogP contribution < -0.4 is 10.6 Å². The van der Waals surface area contributed by atoms with E-state index in [9.17, 15) is 9.59 Å². The summed E-state index contributed by atoms with van der Waals surface area (Å²) in [6.07, 6.45) is 10.1. The summed E-state index contributed by atoms with van der Waals surface area (Å²) < 4.78 is 5.89. The molecule has 0 aliphatic heterocycles. The van der Waals surface area contributed by atoms with E-state index in [2.05, 4.69) is 35.7 Å². The summed E-state index contributed by atoms with van der Waals surface area (Å²) in [6, 6.07) is 0. The molecule has 3 fully saturated rings. The molecule has 6 atom stereocenters. The van der Waals surface area contributed by atoms with Crippen LogP contribution in [0.4, 0.5) is 9.59 Å². The average Bonchev–Trinajstić information content (AvgIpc) is 3.08. The predicted molar refractivity (Wildman–Crippen MR) is 123 cm³/mol. The molecular formula is C25H39N3O4. The highest BCUT2D eigenvalue weighted by molar-refractivity contribution is 5.96. The highest BCUT2D eigenvalue weighted by Gasteiger charge is 2.59. The fourth-order valence-electron chi connectivity index (χ4n) is 7.38. The lowest BCUT2D eigenvalue weighted by molar-refractivity contribution is -0.0751. The number of oxime groups is 1. The molecular weight excluding hydrogens is 406 g/mol. The van der Waals surface area contributed by atoms with Gasteiger partial charge in [0.25, 0.3) is 0 Å². The minimum atomic E-state index is -0.493. The fourth-order valence-corrected chi connectivity index (χ4v) is 7.38. The summed E-state index contributed by atoms with van der Waals surface area (Å²) in [5.74, 6) is 1.97. The Hall–Kier alpha value is -2.05. The van der Waals surface area contributed by atoms with Crippen molar-refractivity contribution < 1.29 is 19.2 Å². The minimum Gasteiger partial charge on any atom is -0.446 e. The van der Waals surface area contributed by atoms with Gasteiger partial charge in [0.2, 0.25) is 0 Å². The molecule has 4 rings (SSSR count). The zero-order valence-corrected chi connectivity index (χ0v) is 20.0. The molecule has 3 saturated carbocycles. The topological polar surface area (TPSA) is 89.0 Å². The van der Waals surface area contributed by atoms with Crippen molar-refractivity contribution >= 4 is 17.9 Å². The van der Waals surface area contributed by atoms with Crippen LogP contribution in [0, 0.1) is 28.6 Å². The minimum absolute atomic E-state index is 0.0289. The van der Waals surface area contributed by atoms with Gasteiger partial charge in [0.15, 0.2) is 0 Å². The number of hydrogen-bond donors (Lipinski definition) is 2. The van der Waals surface area contributed by atoms with E-state index in [0.717, 1.165) is 44.2 Å². The molecule has 0 radical (unpaired) electrons. The zero-order chi connectivity index (χ0) is 22.9. The van der Waals surface area contributed by atoms with Gasteiger partial charge in [-0.1, -0.05) is 24.6 Å². The van der Waals surface area contributed by atoms with Gasteiger partial charge in [0.1, 0.15) is 6.10 Å². The Labute approximate surface area is 191 Å². The van der Waals surface area contributed by atoms with E-state index >= 15 is 0 Å². The maximum atomic E-state index is 12.1. The first-order valence-electron chi connectivity index (χ1n) is 12.5. The summed E-state index contributed by atoms with van der Waals surface area (Å²) in [7, 11) is 0. The van der Waals surface area contributed by atoms with Gasteiger partial charge in [-0.15, -0.1) is 0 Å². The van der Waals surface area contributed by atoms with Crippen molar-refractivity contribution in [3.8, 4) is 0 Å².